The number of nitrogens with zero attached hydrogens (tertiary/aromatic N) is 1. The molecule has 0 saturated carbocycles. The van der Waals surface area contributed by atoms with E-state index in [1.165, 1.54) is 0 Å². The van der Waals surface area contributed by atoms with Gasteiger partial charge in [-0.1, -0.05) is 0 Å². The van der Waals surface area contributed by atoms with E-state index < -0.39 is 0 Å². The Morgan fingerprint density at radius 3 is 3.07 bits per heavy atom. The summed E-state index contributed by atoms with van der Waals surface area (Å²) in [5, 5.41) is 2.78. The summed E-state index contributed by atoms with van der Waals surface area (Å²) in [4.78, 5) is 24.5. The lowest BCUT2D eigenvalue weighted by Gasteiger charge is -2.36. The van der Waals surface area contributed by atoms with Crippen LogP contribution >= 0.6 is 0 Å². The summed E-state index contributed by atoms with van der Waals surface area (Å²) < 4.78 is 0. The maximum atomic E-state index is 11.4. The Morgan fingerprint density at radius 2 is 2.47 bits per heavy atom. The fraction of sp³-hybridized carbons (Fsp3) is 0.778. The molecule has 6 nitrogen and oxygen atoms in total. The predicted octanol–water partition coefficient (Wildman–Crippen LogP) is -1.42. The smallest absolute Gasteiger partial charge is 0.237 e. The molecule has 0 radical (unpaired) electrons. The maximum Gasteiger partial charge on any atom is 0.237 e. The van der Waals surface area contributed by atoms with Crippen LogP contribution in [0.15, 0.2) is 0 Å². The van der Waals surface area contributed by atoms with Crippen molar-refractivity contribution in [3.8, 4) is 0 Å². The van der Waals surface area contributed by atoms with Crippen LogP contribution in [-0.4, -0.2) is 41.9 Å². The van der Waals surface area contributed by atoms with Gasteiger partial charge in [-0.05, 0) is 13.8 Å². The average Bonchev–Trinajstić information content (AvgIpc) is 2.21. The average molecular weight is 214 g/mol. The highest BCUT2D eigenvalue weighted by molar-refractivity contribution is 5.82. The van der Waals surface area contributed by atoms with Crippen LogP contribution in [0.4, 0.5) is 0 Å². The number of hydrogen-bond acceptors (Lipinski definition) is 4. The molecule has 0 aromatic carbocycles. The molecule has 1 fully saturated rings. The first-order chi connectivity index (χ1) is 7.06. The molecule has 15 heavy (non-hydrogen) atoms. The molecule has 2 amide bonds. The minimum atomic E-state index is -0.208. The van der Waals surface area contributed by atoms with Crippen molar-refractivity contribution < 1.29 is 9.59 Å². The Bertz CT molecular complexity index is 256. The third kappa shape index (κ3) is 2.90. The molecular weight excluding hydrogens is 196 g/mol. The van der Waals surface area contributed by atoms with Gasteiger partial charge in [0.1, 0.15) is 0 Å². The summed E-state index contributed by atoms with van der Waals surface area (Å²) in [5.41, 5.74) is 2.09. The van der Waals surface area contributed by atoms with Gasteiger partial charge in [0.25, 0.3) is 0 Å². The molecule has 2 unspecified atom stereocenters. The summed E-state index contributed by atoms with van der Waals surface area (Å²) >= 11 is 0. The van der Waals surface area contributed by atoms with Crippen molar-refractivity contribution in [2.24, 2.45) is 5.84 Å². The molecule has 4 N–H and O–H groups in total. The van der Waals surface area contributed by atoms with E-state index in [4.69, 9.17) is 5.84 Å². The Balaban J connectivity index is 2.54. The number of piperazine rings is 1. The third-order valence-electron chi connectivity index (χ3n) is 2.75. The lowest BCUT2D eigenvalue weighted by atomic mass is 10.1. The van der Waals surface area contributed by atoms with Gasteiger partial charge in [-0.3, -0.25) is 19.9 Å². The van der Waals surface area contributed by atoms with Crippen molar-refractivity contribution >= 4 is 11.8 Å². The van der Waals surface area contributed by atoms with Gasteiger partial charge in [0.05, 0.1) is 6.04 Å². The van der Waals surface area contributed by atoms with Gasteiger partial charge in [0.15, 0.2) is 0 Å². The number of hydrogen-bond donors (Lipinski definition) is 3. The van der Waals surface area contributed by atoms with E-state index in [9.17, 15) is 9.59 Å². The first-order valence-electron chi connectivity index (χ1n) is 5.09. The van der Waals surface area contributed by atoms with Gasteiger partial charge in [-0.15, -0.1) is 0 Å². The zero-order chi connectivity index (χ0) is 11.4. The molecule has 0 aromatic heterocycles. The quantitative estimate of drug-likeness (QED) is 0.305. The van der Waals surface area contributed by atoms with Crippen LogP contribution in [0.5, 0.6) is 0 Å². The zero-order valence-electron chi connectivity index (χ0n) is 9.12. The predicted molar refractivity (Wildman–Crippen MR) is 55.6 cm³/mol. The first-order valence-corrected chi connectivity index (χ1v) is 5.09. The van der Waals surface area contributed by atoms with Crippen LogP contribution in [0.25, 0.3) is 0 Å². The largest absolute Gasteiger partial charge is 0.353 e. The Hall–Kier alpha value is -1.14. The highest BCUT2D eigenvalue weighted by Crippen LogP contribution is 2.11. The number of nitrogens with one attached hydrogen (secondary N) is 2. The van der Waals surface area contributed by atoms with E-state index in [2.05, 4.69) is 10.7 Å². The van der Waals surface area contributed by atoms with E-state index in [1.54, 1.807) is 0 Å². The van der Waals surface area contributed by atoms with Crippen molar-refractivity contribution in [2.75, 3.05) is 13.1 Å². The Morgan fingerprint density at radius 1 is 1.80 bits per heavy atom. The maximum absolute atomic E-state index is 11.4. The fourth-order valence-corrected chi connectivity index (χ4v) is 1.85. The summed E-state index contributed by atoms with van der Waals surface area (Å²) in [6, 6.07) is -0.158. The summed E-state index contributed by atoms with van der Waals surface area (Å²) in [5.74, 6) is 4.82. The van der Waals surface area contributed by atoms with Crippen molar-refractivity contribution in [1.82, 2.24) is 15.6 Å². The van der Waals surface area contributed by atoms with E-state index in [0.717, 1.165) is 6.54 Å². The van der Waals surface area contributed by atoms with Crippen LogP contribution in [0.1, 0.15) is 20.3 Å². The van der Waals surface area contributed by atoms with Gasteiger partial charge in [0.2, 0.25) is 11.8 Å². The minimum Gasteiger partial charge on any atom is -0.353 e. The molecule has 1 aliphatic rings. The van der Waals surface area contributed by atoms with Crippen molar-refractivity contribution in [3.05, 3.63) is 0 Å². The topological polar surface area (TPSA) is 87.5 Å². The Labute approximate surface area is 89.1 Å². The van der Waals surface area contributed by atoms with Gasteiger partial charge < -0.3 is 5.32 Å². The molecule has 86 valence electrons. The first kappa shape index (κ1) is 11.9. The Kier molecular flexibility index (Phi) is 4.05. The molecule has 1 heterocycles. The second-order valence-electron chi connectivity index (χ2n) is 3.83. The number of hydrazine groups is 1. The molecule has 6 heteroatoms. The number of carbonyl (C=O) groups excluding carboxylic acids is 2. The van der Waals surface area contributed by atoms with Gasteiger partial charge in [-0.25, -0.2) is 5.84 Å². The molecule has 0 bridgehead atoms. The summed E-state index contributed by atoms with van der Waals surface area (Å²) in [6.45, 7) is 5.17. The van der Waals surface area contributed by atoms with Gasteiger partial charge >= 0.3 is 0 Å². The second kappa shape index (κ2) is 5.09. The van der Waals surface area contributed by atoms with Gasteiger partial charge in [-0.2, -0.15) is 0 Å². The normalized spacial score (nSPS) is 24.5. The lowest BCUT2D eigenvalue weighted by Crippen LogP contribution is -2.57. The standard InChI is InChI=1S/C9H18N4O2/c1-6(5-8(14)12-10)13-4-3-11-9(15)7(13)2/h6-7H,3-5,10H2,1-2H3,(H,11,15)(H,12,14). The van der Waals surface area contributed by atoms with E-state index >= 15 is 0 Å². The van der Waals surface area contributed by atoms with E-state index in [1.807, 2.05) is 18.7 Å². The van der Waals surface area contributed by atoms with Crippen LogP contribution in [-0.2, 0) is 9.59 Å². The number of rotatable bonds is 3. The van der Waals surface area contributed by atoms with Crippen molar-refractivity contribution in [3.63, 3.8) is 0 Å². The van der Waals surface area contributed by atoms with E-state index in [-0.39, 0.29) is 23.9 Å². The number of amides is 2. The highest BCUT2D eigenvalue weighted by Gasteiger charge is 2.29. The monoisotopic (exact) mass is 214 g/mol. The zero-order valence-corrected chi connectivity index (χ0v) is 9.12. The molecule has 1 saturated heterocycles. The molecular formula is C9H18N4O2. The van der Waals surface area contributed by atoms with E-state index in [0.29, 0.717) is 13.0 Å². The van der Waals surface area contributed by atoms with Crippen LogP contribution in [0.3, 0.4) is 0 Å². The van der Waals surface area contributed by atoms with Crippen molar-refractivity contribution in [2.45, 2.75) is 32.4 Å². The number of nitrogens with two attached hydrogens (primary N) is 1. The van der Waals surface area contributed by atoms with Crippen LogP contribution in [0, 0.1) is 0 Å². The van der Waals surface area contributed by atoms with Crippen LogP contribution in [0.2, 0.25) is 0 Å². The van der Waals surface area contributed by atoms with Gasteiger partial charge in [0, 0.05) is 25.6 Å². The molecule has 0 spiro atoms. The molecule has 1 aliphatic heterocycles. The minimum absolute atomic E-state index is 0.0151. The SMILES string of the molecule is CC(CC(=O)NN)N1CCNC(=O)C1C. The molecule has 0 aliphatic carbocycles. The molecule has 0 aromatic rings. The fourth-order valence-electron chi connectivity index (χ4n) is 1.85. The third-order valence-corrected chi connectivity index (χ3v) is 2.75. The van der Waals surface area contributed by atoms with Crippen molar-refractivity contribution in [1.29, 1.82) is 0 Å². The van der Waals surface area contributed by atoms with Crippen LogP contribution < -0.4 is 16.6 Å². The second-order valence-corrected chi connectivity index (χ2v) is 3.83. The summed E-state index contributed by atoms with van der Waals surface area (Å²) in [6.07, 6.45) is 0.314. The molecule has 1 rings (SSSR count). The highest BCUT2D eigenvalue weighted by atomic mass is 16.2. The lowest BCUT2D eigenvalue weighted by molar-refractivity contribution is -0.131. The summed E-state index contributed by atoms with van der Waals surface area (Å²) in [7, 11) is 0. The number of carbonyl (C=O) groups is 2. The molecule has 2 atom stereocenters.